The molecule has 4 aromatic rings. The number of rotatable bonds is 3. The number of nitrogens with one attached hydrogen (secondary N) is 1. The Labute approximate surface area is 204 Å². The van der Waals surface area contributed by atoms with Crippen molar-refractivity contribution in [2.75, 3.05) is 0 Å². The molecule has 2 aromatic heterocycles. The number of benzene rings is 2. The molecule has 1 atom stereocenters. The summed E-state index contributed by atoms with van der Waals surface area (Å²) >= 11 is 0. The van der Waals surface area contributed by atoms with E-state index in [1.165, 1.54) is 12.1 Å². The summed E-state index contributed by atoms with van der Waals surface area (Å²) in [4.78, 5) is 15.6. The van der Waals surface area contributed by atoms with Gasteiger partial charge >= 0.3 is 6.03 Å². The van der Waals surface area contributed by atoms with Gasteiger partial charge in [0.25, 0.3) is 0 Å². The standard InChI is InChI=1S/C28H28FN5O/c1-19-24-18-33(28(35)30-22-11-5-6-12-22)26(20-9-7-10-21(29)17-20)25-15-8-16-32(25)27(24)34(31-19)23-13-3-2-4-14-23/h2-4,7-10,13-17,22,26H,5-6,11-12,18H2,1H3,(H,30,35). The van der Waals surface area contributed by atoms with Crippen LogP contribution in [0.15, 0.2) is 72.9 Å². The average Bonchev–Trinajstić information content (AvgIpc) is 3.59. The Morgan fingerprint density at radius 1 is 1.03 bits per heavy atom. The summed E-state index contributed by atoms with van der Waals surface area (Å²) in [5.41, 5.74) is 4.43. The number of para-hydroxylation sites is 1. The summed E-state index contributed by atoms with van der Waals surface area (Å²) < 4.78 is 18.4. The van der Waals surface area contributed by atoms with Crippen molar-refractivity contribution in [3.05, 3.63) is 101 Å². The van der Waals surface area contributed by atoms with Gasteiger partial charge in [0.1, 0.15) is 11.6 Å². The monoisotopic (exact) mass is 469 g/mol. The fourth-order valence-electron chi connectivity index (χ4n) is 5.50. The zero-order valence-electron chi connectivity index (χ0n) is 19.7. The fraction of sp³-hybridized carbons (Fsp3) is 0.286. The van der Waals surface area contributed by atoms with Gasteiger partial charge in [-0.3, -0.25) is 0 Å². The Morgan fingerprint density at radius 3 is 2.60 bits per heavy atom. The molecule has 1 aliphatic heterocycles. The summed E-state index contributed by atoms with van der Waals surface area (Å²) in [5.74, 6) is 0.594. The molecule has 1 N–H and O–H groups in total. The summed E-state index contributed by atoms with van der Waals surface area (Å²) in [6, 6.07) is 20.2. The quantitative estimate of drug-likeness (QED) is 0.420. The third-order valence-corrected chi connectivity index (χ3v) is 7.19. The van der Waals surface area contributed by atoms with Crippen molar-refractivity contribution in [3.8, 4) is 11.5 Å². The van der Waals surface area contributed by atoms with Crippen LogP contribution in [0.1, 0.15) is 54.2 Å². The largest absolute Gasteiger partial charge is 0.335 e. The van der Waals surface area contributed by atoms with Crippen LogP contribution in [0, 0.1) is 12.7 Å². The Morgan fingerprint density at radius 2 is 1.83 bits per heavy atom. The van der Waals surface area contributed by atoms with Crippen LogP contribution in [0.3, 0.4) is 0 Å². The van der Waals surface area contributed by atoms with Crippen molar-refractivity contribution in [1.29, 1.82) is 0 Å². The van der Waals surface area contributed by atoms with E-state index >= 15 is 0 Å². The van der Waals surface area contributed by atoms with Crippen LogP contribution in [0.2, 0.25) is 0 Å². The first-order valence-corrected chi connectivity index (χ1v) is 12.2. The van der Waals surface area contributed by atoms with Crippen LogP contribution >= 0.6 is 0 Å². The van der Waals surface area contributed by atoms with E-state index in [1.807, 2.05) is 71.2 Å². The molecule has 6 nitrogen and oxygen atoms in total. The third-order valence-electron chi connectivity index (χ3n) is 7.19. The number of hydrogen-bond acceptors (Lipinski definition) is 2. The minimum absolute atomic E-state index is 0.126. The van der Waals surface area contributed by atoms with Gasteiger partial charge in [0.05, 0.1) is 29.7 Å². The maximum Gasteiger partial charge on any atom is 0.318 e. The Balaban J connectivity index is 1.53. The van der Waals surface area contributed by atoms with Crippen LogP contribution in [0.5, 0.6) is 0 Å². The normalized spacial score (nSPS) is 17.7. The molecule has 2 aromatic carbocycles. The molecule has 1 saturated carbocycles. The summed E-state index contributed by atoms with van der Waals surface area (Å²) in [7, 11) is 0. The number of hydrogen-bond donors (Lipinski definition) is 1. The lowest BCUT2D eigenvalue weighted by Gasteiger charge is -2.32. The van der Waals surface area contributed by atoms with Gasteiger partial charge in [0.15, 0.2) is 0 Å². The van der Waals surface area contributed by atoms with Gasteiger partial charge in [-0.1, -0.05) is 43.2 Å². The highest BCUT2D eigenvalue weighted by Gasteiger charge is 2.36. The first-order valence-electron chi connectivity index (χ1n) is 12.2. The highest BCUT2D eigenvalue weighted by atomic mass is 19.1. The topological polar surface area (TPSA) is 55.1 Å². The first-order chi connectivity index (χ1) is 17.1. The number of urea groups is 1. The molecule has 0 bridgehead atoms. The van der Waals surface area contributed by atoms with Crippen LogP contribution < -0.4 is 5.32 Å². The second-order valence-electron chi connectivity index (χ2n) is 9.45. The number of carbonyl (C=O) groups excluding carboxylic acids is 1. The van der Waals surface area contributed by atoms with Gasteiger partial charge in [-0.15, -0.1) is 0 Å². The van der Waals surface area contributed by atoms with Crippen LogP contribution in [0.25, 0.3) is 11.5 Å². The molecule has 0 saturated heterocycles. The van der Waals surface area contributed by atoms with Gasteiger partial charge in [-0.05, 0) is 61.7 Å². The van der Waals surface area contributed by atoms with Crippen LogP contribution in [-0.4, -0.2) is 31.3 Å². The van der Waals surface area contributed by atoms with Gasteiger partial charge in [0, 0.05) is 17.8 Å². The first kappa shape index (κ1) is 21.6. The van der Waals surface area contributed by atoms with Gasteiger partial charge in [-0.2, -0.15) is 5.10 Å². The molecule has 1 fully saturated rings. The lowest BCUT2D eigenvalue weighted by atomic mass is 10.0. The van der Waals surface area contributed by atoms with E-state index in [1.54, 1.807) is 6.07 Å². The van der Waals surface area contributed by atoms with E-state index in [0.29, 0.717) is 6.54 Å². The van der Waals surface area contributed by atoms with Crippen molar-refractivity contribution in [3.63, 3.8) is 0 Å². The number of amides is 2. The molecular weight excluding hydrogens is 441 g/mol. The van der Waals surface area contributed by atoms with Crippen molar-refractivity contribution in [2.24, 2.45) is 0 Å². The summed E-state index contributed by atoms with van der Waals surface area (Å²) in [5, 5.41) is 8.13. The van der Waals surface area contributed by atoms with Gasteiger partial charge in [0.2, 0.25) is 0 Å². The van der Waals surface area contributed by atoms with Crippen LogP contribution in [-0.2, 0) is 6.54 Å². The molecule has 0 spiro atoms. The van der Waals surface area contributed by atoms with Crippen molar-refractivity contribution in [1.82, 2.24) is 24.6 Å². The molecule has 6 rings (SSSR count). The molecule has 7 heteroatoms. The summed E-state index contributed by atoms with van der Waals surface area (Å²) in [6.45, 7) is 2.35. The highest BCUT2D eigenvalue weighted by Crippen LogP contribution is 2.38. The maximum absolute atomic E-state index is 14.4. The molecule has 178 valence electrons. The minimum atomic E-state index is -0.446. The molecule has 1 aliphatic carbocycles. The van der Waals surface area contributed by atoms with E-state index in [-0.39, 0.29) is 17.9 Å². The molecule has 0 radical (unpaired) electrons. The van der Waals surface area contributed by atoms with Crippen LogP contribution in [0.4, 0.5) is 9.18 Å². The second kappa shape index (κ2) is 8.73. The lowest BCUT2D eigenvalue weighted by molar-refractivity contribution is 0.176. The molecule has 2 aliphatic rings. The predicted octanol–water partition coefficient (Wildman–Crippen LogP) is 5.67. The molecular formula is C28H28FN5O. The highest BCUT2D eigenvalue weighted by molar-refractivity contribution is 5.76. The molecule has 35 heavy (non-hydrogen) atoms. The lowest BCUT2D eigenvalue weighted by Crippen LogP contribution is -2.45. The number of fused-ring (bicyclic) bond motifs is 3. The number of halogens is 1. The Hall–Kier alpha value is -3.87. The molecule has 1 unspecified atom stereocenters. The molecule has 3 heterocycles. The van der Waals surface area contributed by atoms with E-state index < -0.39 is 6.04 Å². The van der Waals surface area contributed by atoms with Gasteiger partial charge in [-0.25, -0.2) is 13.9 Å². The number of carbonyl (C=O) groups is 1. The predicted molar refractivity (Wildman–Crippen MR) is 132 cm³/mol. The average molecular weight is 470 g/mol. The number of nitrogens with zero attached hydrogens (tertiary/aromatic N) is 4. The Kier molecular flexibility index (Phi) is 5.40. The summed E-state index contributed by atoms with van der Waals surface area (Å²) in [6.07, 6.45) is 6.26. The maximum atomic E-state index is 14.4. The van der Waals surface area contributed by atoms with Crippen molar-refractivity contribution < 1.29 is 9.18 Å². The van der Waals surface area contributed by atoms with Gasteiger partial charge < -0.3 is 14.8 Å². The van der Waals surface area contributed by atoms with E-state index in [2.05, 4.69) is 9.88 Å². The number of aromatic nitrogens is 3. The zero-order valence-corrected chi connectivity index (χ0v) is 19.7. The Bertz CT molecular complexity index is 1370. The van der Waals surface area contributed by atoms with Crippen molar-refractivity contribution in [2.45, 2.75) is 51.2 Å². The second-order valence-corrected chi connectivity index (χ2v) is 9.45. The zero-order chi connectivity index (χ0) is 23.9. The molecule has 2 amide bonds. The van der Waals surface area contributed by atoms with E-state index in [0.717, 1.165) is 59.7 Å². The van der Waals surface area contributed by atoms with E-state index in [4.69, 9.17) is 5.10 Å². The minimum Gasteiger partial charge on any atom is -0.335 e. The number of aryl methyl sites for hydroxylation is 1. The van der Waals surface area contributed by atoms with E-state index in [9.17, 15) is 9.18 Å². The smallest absolute Gasteiger partial charge is 0.318 e. The van der Waals surface area contributed by atoms with Crippen molar-refractivity contribution >= 4 is 6.03 Å². The fourth-order valence-corrected chi connectivity index (χ4v) is 5.50. The SMILES string of the molecule is Cc1nn(-c2ccccc2)c2c1CN(C(=O)NC1CCCC1)C(c1cccc(F)c1)c1cccn1-2. The third kappa shape index (κ3) is 3.81.